The molecule has 9 heteroatoms. The van der Waals surface area contributed by atoms with Gasteiger partial charge >= 0.3 is 0 Å². The number of ether oxygens (including phenoxy) is 2. The monoisotopic (exact) mass is 379 g/mol. The molecule has 0 atom stereocenters. The fourth-order valence-corrected chi connectivity index (χ4v) is 2.50. The van der Waals surface area contributed by atoms with Crippen molar-refractivity contribution >= 4 is 27.3 Å². The van der Waals surface area contributed by atoms with Gasteiger partial charge in [-0.1, -0.05) is 32.4 Å². The van der Waals surface area contributed by atoms with Crippen LogP contribution in [0.15, 0.2) is 16.6 Å². The summed E-state index contributed by atoms with van der Waals surface area (Å²) in [7, 11) is 1.62. The van der Waals surface area contributed by atoms with Gasteiger partial charge in [0, 0.05) is 24.7 Å². The first-order valence-electron chi connectivity index (χ1n) is 5.94. The zero-order valence-corrected chi connectivity index (χ0v) is 13.4. The third kappa shape index (κ3) is 4.67. The number of rotatable bonds is 7. The van der Waals surface area contributed by atoms with Crippen LogP contribution in [0.2, 0.25) is 0 Å². The minimum atomic E-state index is -1.06. The van der Waals surface area contributed by atoms with E-state index in [-0.39, 0.29) is 10.9 Å². The van der Waals surface area contributed by atoms with E-state index in [1.54, 1.807) is 7.11 Å². The summed E-state index contributed by atoms with van der Waals surface area (Å²) in [5, 5.41) is 11.6. The molecule has 5 nitrogen and oxygen atoms in total. The van der Waals surface area contributed by atoms with Gasteiger partial charge in [0.1, 0.15) is 5.01 Å². The second-order valence-electron chi connectivity index (χ2n) is 3.93. The number of nitrogens with zero attached hydrogens (tertiary/aromatic N) is 2. The van der Waals surface area contributed by atoms with Crippen molar-refractivity contribution in [3.05, 3.63) is 33.2 Å². The highest BCUT2D eigenvalue weighted by Gasteiger charge is 2.14. The van der Waals surface area contributed by atoms with Crippen LogP contribution >= 0.6 is 27.3 Å². The van der Waals surface area contributed by atoms with Crippen LogP contribution in [0.4, 0.5) is 8.78 Å². The molecule has 0 aliphatic rings. The molecule has 0 spiro atoms. The summed E-state index contributed by atoms with van der Waals surface area (Å²) in [5.41, 5.74) is 0. The lowest BCUT2D eigenvalue weighted by Crippen LogP contribution is -2.18. The molecule has 1 heterocycles. The Labute approximate surface area is 132 Å². The summed E-state index contributed by atoms with van der Waals surface area (Å²) in [6.07, 6.45) is 0. The summed E-state index contributed by atoms with van der Waals surface area (Å²) in [6.45, 7) is 1.77. The van der Waals surface area contributed by atoms with E-state index in [1.807, 2.05) is 0 Å². The molecule has 0 aliphatic carbocycles. The molecule has 0 unspecified atom stereocenters. The standard InChI is InChI=1S/C12H12BrF2N3O2S/c1-19-3-2-16-6-10-17-18-12(21-10)20-9-5-7(13)4-8(14)11(9)15/h4-5,16H,2-3,6H2,1H3. The van der Waals surface area contributed by atoms with E-state index < -0.39 is 11.6 Å². The highest BCUT2D eigenvalue weighted by atomic mass is 79.9. The van der Waals surface area contributed by atoms with Crippen molar-refractivity contribution < 1.29 is 18.3 Å². The molecule has 0 bridgehead atoms. The van der Waals surface area contributed by atoms with Gasteiger partial charge in [-0.2, -0.15) is 4.39 Å². The van der Waals surface area contributed by atoms with Crippen molar-refractivity contribution in [2.45, 2.75) is 6.54 Å². The van der Waals surface area contributed by atoms with Gasteiger partial charge in [0.25, 0.3) is 5.19 Å². The lowest BCUT2D eigenvalue weighted by Gasteiger charge is -2.04. The maximum absolute atomic E-state index is 13.6. The van der Waals surface area contributed by atoms with Crippen LogP contribution < -0.4 is 10.1 Å². The topological polar surface area (TPSA) is 56.3 Å². The van der Waals surface area contributed by atoms with Gasteiger partial charge in [0.15, 0.2) is 11.6 Å². The third-order valence-electron chi connectivity index (χ3n) is 2.36. The molecule has 0 amide bonds. The van der Waals surface area contributed by atoms with Crippen molar-refractivity contribution in [1.82, 2.24) is 15.5 Å². The average molecular weight is 380 g/mol. The van der Waals surface area contributed by atoms with Crippen LogP contribution in [-0.4, -0.2) is 30.5 Å². The second kappa shape index (κ2) is 7.74. The van der Waals surface area contributed by atoms with E-state index in [0.29, 0.717) is 29.2 Å². The van der Waals surface area contributed by atoms with Crippen molar-refractivity contribution in [2.24, 2.45) is 0 Å². The molecule has 0 aliphatic heterocycles. The fourth-order valence-electron chi connectivity index (χ4n) is 1.42. The highest BCUT2D eigenvalue weighted by molar-refractivity contribution is 9.10. The van der Waals surface area contributed by atoms with E-state index in [0.717, 1.165) is 17.4 Å². The molecule has 2 aromatic rings. The van der Waals surface area contributed by atoms with Crippen LogP contribution in [-0.2, 0) is 11.3 Å². The van der Waals surface area contributed by atoms with Crippen molar-refractivity contribution in [1.29, 1.82) is 0 Å². The van der Waals surface area contributed by atoms with Gasteiger partial charge < -0.3 is 14.8 Å². The summed E-state index contributed by atoms with van der Waals surface area (Å²) in [6, 6.07) is 2.35. The van der Waals surface area contributed by atoms with Gasteiger partial charge in [-0.05, 0) is 12.1 Å². The Morgan fingerprint density at radius 2 is 2.14 bits per heavy atom. The first-order chi connectivity index (χ1) is 10.1. The molecule has 0 saturated carbocycles. The molecule has 2 rings (SSSR count). The van der Waals surface area contributed by atoms with Crippen molar-refractivity contribution in [2.75, 3.05) is 20.3 Å². The van der Waals surface area contributed by atoms with Crippen molar-refractivity contribution in [3.63, 3.8) is 0 Å². The van der Waals surface area contributed by atoms with Gasteiger partial charge in [-0.25, -0.2) is 4.39 Å². The van der Waals surface area contributed by atoms with Gasteiger partial charge in [-0.3, -0.25) is 0 Å². The molecular formula is C12H12BrF2N3O2S. The molecule has 1 aromatic heterocycles. The fraction of sp³-hybridized carbons (Fsp3) is 0.333. The zero-order valence-electron chi connectivity index (χ0n) is 11.0. The Balaban J connectivity index is 1.99. The SMILES string of the molecule is COCCNCc1nnc(Oc2cc(Br)cc(F)c2F)s1. The van der Waals surface area contributed by atoms with E-state index in [4.69, 9.17) is 9.47 Å². The molecule has 0 fully saturated rings. The quantitative estimate of drug-likeness (QED) is 0.591. The number of hydrogen-bond donors (Lipinski definition) is 1. The number of halogens is 3. The maximum Gasteiger partial charge on any atom is 0.299 e. The van der Waals surface area contributed by atoms with Crippen LogP contribution in [0.3, 0.4) is 0 Å². The zero-order chi connectivity index (χ0) is 15.2. The van der Waals surface area contributed by atoms with Gasteiger partial charge in [0.05, 0.1) is 6.61 Å². The summed E-state index contributed by atoms with van der Waals surface area (Å²) in [5.74, 6) is -2.30. The summed E-state index contributed by atoms with van der Waals surface area (Å²) in [4.78, 5) is 0. The second-order valence-corrected chi connectivity index (χ2v) is 5.87. The molecule has 1 N–H and O–H groups in total. The van der Waals surface area contributed by atoms with E-state index in [9.17, 15) is 8.78 Å². The third-order valence-corrected chi connectivity index (χ3v) is 3.62. The van der Waals surface area contributed by atoms with Gasteiger partial charge in [-0.15, -0.1) is 5.10 Å². The summed E-state index contributed by atoms with van der Waals surface area (Å²) >= 11 is 4.23. The number of benzene rings is 1. The first kappa shape index (κ1) is 16.2. The van der Waals surface area contributed by atoms with Crippen LogP contribution in [0, 0.1) is 11.6 Å². The van der Waals surface area contributed by atoms with E-state index >= 15 is 0 Å². The Hall–Kier alpha value is -1.16. The predicted octanol–water partition coefficient (Wildman–Crippen LogP) is 3.11. The Morgan fingerprint density at radius 1 is 1.33 bits per heavy atom. The minimum Gasteiger partial charge on any atom is -0.426 e. The van der Waals surface area contributed by atoms with Crippen LogP contribution in [0.5, 0.6) is 10.9 Å². The smallest absolute Gasteiger partial charge is 0.299 e. The number of nitrogens with one attached hydrogen (secondary N) is 1. The number of aromatic nitrogens is 2. The lowest BCUT2D eigenvalue weighted by molar-refractivity contribution is 0.199. The largest absolute Gasteiger partial charge is 0.426 e. The maximum atomic E-state index is 13.6. The van der Waals surface area contributed by atoms with Crippen molar-refractivity contribution in [3.8, 4) is 10.9 Å². The van der Waals surface area contributed by atoms with E-state index in [2.05, 4.69) is 31.4 Å². The predicted molar refractivity (Wildman–Crippen MR) is 77.6 cm³/mol. The molecule has 21 heavy (non-hydrogen) atoms. The Kier molecular flexibility index (Phi) is 5.97. The Bertz CT molecular complexity index is 612. The highest BCUT2D eigenvalue weighted by Crippen LogP contribution is 2.31. The first-order valence-corrected chi connectivity index (χ1v) is 7.55. The van der Waals surface area contributed by atoms with Gasteiger partial charge in [0.2, 0.25) is 5.82 Å². The van der Waals surface area contributed by atoms with E-state index in [1.165, 1.54) is 6.07 Å². The van der Waals surface area contributed by atoms with Crippen LogP contribution in [0.1, 0.15) is 5.01 Å². The molecule has 114 valence electrons. The molecule has 1 aromatic carbocycles. The number of hydrogen-bond acceptors (Lipinski definition) is 6. The van der Waals surface area contributed by atoms with Crippen LogP contribution in [0.25, 0.3) is 0 Å². The minimum absolute atomic E-state index is 0.148. The molecular weight excluding hydrogens is 368 g/mol. The Morgan fingerprint density at radius 3 is 2.90 bits per heavy atom. The normalized spacial score (nSPS) is 10.9. The summed E-state index contributed by atoms with van der Waals surface area (Å²) < 4.78 is 37.3. The average Bonchev–Trinajstić information content (AvgIpc) is 2.88. The molecule has 0 radical (unpaired) electrons. The molecule has 0 saturated heterocycles. The lowest BCUT2D eigenvalue weighted by atomic mass is 10.3. The number of methoxy groups -OCH3 is 1.